The predicted molar refractivity (Wildman–Crippen MR) is 73.7 cm³/mol. The number of nitrogens with one attached hydrogen (secondary N) is 1. The number of anilines is 1. The van der Waals surface area contributed by atoms with Gasteiger partial charge in [-0.15, -0.1) is 0 Å². The lowest BCUT2D eigenvalue weighted by molar-refractivity contribution is 0.234. The van der Waals surface area contributed by atoms with Gasteiger partial charge in [0.1, 0.15) is 0 Å². The van der Waals surface area contributed by atoms with Gasteiger partial charge in [0.15, 0.2) is 11.6 Å². The largest absolute Gasteiger partial charge is 0.473 e. The molecule has 0 saturated carbocycles. The van der Waals surface area contributed by atoms with Crippen LogP contribution in [0.15, 0.2) is 36.5 Å². The topological polar surface area (TPSA) is 34.1 Å². The number of pyridine rings is 1. The van der Waals surface area contributed by atoms with Crippen LogP contribution in [0.3, 0.4) is 0 Å². The van der Waals surface area contributed by atoms with Gasteiger partial charge in [-0.2, -0.15) is 0 Å². The molecule has 106 valence electrons. The first-order valence-electron chi connectivity index (χ1n) is 6.36. The first-order chi connectivity index (χ1) is 9.58. The van der Waals surface area contributed by atoms with Gasteiger partial charge >= 0.3 is 0 Å². The number of nitrogens with zero attached hydrogens (tertiary/aromatic N) is 1. The maximum absolute atomic E-state index is 13.6. The number of rotatable bonds is 5. The van der Waals surface area contributed by atoms with E-state index in [0.29, 0.717) is 11.6 Å². The lowest BCUT2D eigenvalue weighted by atomic mass is 10.2. The molecule has 1 aromatic heterocycles. The van der Waals surface area contributed by atoms with Crippen LogP contribution in [0.25, 0.3) is 0 Å². The van der Waals surface area contributed by atoms with E-state index in [1.165, 1.54) is 12.1 Å². The van der Waals surface area contributed by atoms with Gasteiger partial charge in [-0.3, -0.25) is 0 Å². The van der Waals surface area contributed by atoms with Crippen LogP contribution in [0.2, 0.25) is 0 Å². The maximum Gasteiger partial charge on any atom is 0.237 e. The molecular formula is C15H16F2N2O. The first kappa shape index (κ1) is 14.2. The zero-order chi connectivity index (χ0) is 14.5. The van der Waals surface area contributed by atoms with Gasteiger partial charge < -0.3 is 10.1 Å². The molecule has 0 spiro atoms. The van der Waals surface area contributed by atoms with Crippen LogP contribution in [0.1, 0.15) is 19.4 Å². The molecular weight excluding hydrogens is 262 g/mol. The van der Waals surface area contributed by atoms with Crippen LogP contribution in [-0.4, -0.2) is 11.1 Å². The van der Waals surface area contributed by atoms with Gasteiger partial charge in [0.2, 0.25) is 5.88 Å². The fourth-order valence-electron chi connectivity index (χ4n) is 1.72. The third-order valence-corrected chi connectivity index (χ3v) is 2.62. The lowest BCUT2D eigenvalue weighted by Crippen LogP contribution is -2.10. The normalized spacial score (nSPS) is 10.7. The standard InChI is InChI=1S/C15H16F2N2O/c1-10(2)20-15-13(7-4-8-18-15)19-9-11-5-3-6-12(16)14(11)17/h3-8,10,19H,9H2,1-2H3. The fraction of sp³-hybridized carbons (Fsp3) is 0.267. The second-order valence-corrected chi connectivity index (χ2v) is 4.59. The Morgan fingerprint density at radius 2 is 2.00 bits per heavy atom. The van der Waals surface area contributed by atoms with Crippen LogP contribution in [-0.2, 0) is 6.54 Å². The molecule has 0 aliphatic heterocycles. The molecule has 0 aliphatic rings. The van der Waals surface area contributed by atoms with Crippen molar-refractivity contribution in [3.63, 3.8) is 0 Å². The Morgan fingerprint density at radius 1 is 1.20 bits per heavy atom. The molecule has 1 heterocycles. The van der Waals surface area contributed by atoms with E-state index in [2.05, 4.69) is 10.3 Å². The fourth-order valence-corrected chi connectivity index (χ4v) is 1.72. The van der Waals surface area contributed by atoms with E-state index in [9.17, 15) is 8.78 Å². The zero-order valence-electron chi connectivity index (χ0n) is 11.4. The summed E-state index contributed by atoms with van der Waals surface area (Å²) in [5.74, 6) is -1.25. The van der Waals surface area contributed by atoms with E-state index in [1.54, 1.807) is 18.3 Å². The molecule has 20 heavy (non-hydrogen) atoms. The number of aromatic nitrogens is 1. The van der Waals surface area contributed by atoms with E-state index < -0.39 is 11.6 Å². The molecule has 0 radical (unpaired) electrons. The number of halogens is 2. The molecule has 0 fully saturated rings. The monoisotopic (exact) mass is 278 g/mol. The summed E-state index contributed by atoms with van der Waals surface area (Å²) < 4.78 is 32.2. The second kappa shape index (κ2) is 6.32. The molecule has 1 aromatic carbocycles. The summed E-state index contributed by atoms with van der Waals surface area (Å²) in [7, 11) is 0. The van der Waals surface area contributed by atoms with Gasteiger partial charge in [-0.05, 0) is 32.0 Å². The van der Waals surface area contributed by atoms with E-state index in [-0.39, 0.29) is 18.2 Å². The van der Waals surface area contributed by atoms with Gasteiger partial charge in [0, 0.05) is 18.3 Å². The Kier molecular flexibility index (Phi) is 4.50. The van der Waals surface area contributed by atoms with E-state index in [0.717, 1.165) is 6.07 Å². The van der Waals surface area contributed by atoms with E-state index in [1.807, 2.05) is 13.8 Å². The number of hydrogen-bond acceptors (Lipinski definition) is 3. The summed E-state index contributed by atoms with van der Waals surface area (Å²) >= 11 is 0. The van der Waals surface area contributed by atoms with Crippen LogP contribution in [0.4, 0.5) is 14.5 Å². The first-order valence-corrected chi connectivity index (χ1v) is 6.36. The Balaban J connectivity index is 2.13. The minimum atomic E-state index is -0.853. The molecule has 0 aliphatic carbocycles. The smallest absolute Gasteiger partial charge is 0.237 e. The summed E-state index contributed by atoms with van der Waals surface area (Å²) in [4.78, 5) is 4.12. The summed E-state index contributed by atoms with van der Waals surface area (Å²) in [5, 5.41) is 3.01. The third-order valence-electron chi connectivity index (χ3n) is 2.62. The highest BCUT2D eigenvalue weighted by Gasteiger charge is 2.10. The Labute approximate surface area is 116 Å². The quantitative estimate of drug-likeness (QED) is 0.904. The minimum absolute atomic E-state index is 0.0173. The zero-order valence-corrected chi connectivity index (χ0v) is 11.4. The van der Waals surface area contributed by atoms with Crippen molar-refractivity contribution in [2.75, 3.05) is 5.32 Å². The molecule has 0 atom stereocenters. The molecule has 0 amide bonds. The predicted octanol–water partition coefficient (Wildman–Crippen LogP) is 3.76. The van der Waals surface area contributed by atoms with Gasteiger partial charge in [-0.1, -0.05) is 12.1 Å². The van der Waals surface area contributed by atoms with Gasteiger partial charge in [0.25, 0.3) is 0 Å². The SMILES string of the molecule is CC(C)Oc1ncccc1NCc1cccc(F)c1F. The van der Waals surface area contributed by atoms with Crippen molar-refractivity contribution in [1.82, 2.24) is 4.98 Å². The second-order valence-electron chi connectivity index (χ2n) is 4.59. The molecule has 5 heteroatoms. The highest BCUT2D eigenvalue weighted by molar-refractivity contribution is 5.52. The van der Waals surface area contributed by atoms with E-state index >= 15 is 0 Å². The van der Waals surface area contributed by atoms with Crippen molar-refractivity contribution >= 4 is 5.69 Å². The van der Waals surface area contributed by atoms with Gasteiger partial charge in [-0.25, -0.2) is 13.8 Å². The Hall–Kier alpha value is -2.17. The summed E-state index contributed by atoms with van der Waals surface area (Å²) in [6, 6.07) is 7.63. The number of ether oxygens (including phenoxy) is 1. The van der Waals surface area contributed by atoms with Crippen LogP contribution in [0.5, 0.6) is 5.88 Å². The molecule has 0 bridgehead atoms. The van der Waals surface area contributed by atoms with E-state index in [4.69, 9.17) is 4.74 Å². The Bertz CT molecular complexity index is 588. The number of benzene rings is 1. The molecule has 2 aromatic rings. The maximum atomic E-state index is 13.6. The lowest BCUT2D eigenvalue weighted by Gasteiger charge is -2.14. The highest BCUT2D eigenvalue weighted by Crippen LogP contribution is 2.23. The van der Waals surface area contributed by atoms with Crippen molar-refractivity contribution in [3.8, 4) is 5.88 Å². The molecule has 0 unspecified atom stereocenters. The van der Waals surface area contributed by atoms with Crippen molar-refractivity contribution in [3.05, 3.63) is 53.7 Å². The van der Waals surface area contributed by atoms with Crippen LogP contribution < -0.4 is 10.1 Å². The highest BCUT2D eigenvalue weighted by atomic mass is 19.2. The molecule has 1 N–H and O–H groups in total. The van der Waals surface area contributed by atoms with Crippen molar-refractivity contribution < 1.29 is 13.5 Å². The number of hydrogen-bond donors (Lipinski definition) is 1. The summed E-state index contributed by atoms with van der Waals surface area (Å²) in [5.41, 5.74) is 0.897. The summed E-state index contributed by atoms with van der Waals surface area (Å²) in [6.07, 6.45) is 1.60. The molecule has 0 saturated heterocycles. The van der Waals surface area contributed by atoms with Crippen molar-refractivity contribution in [1.29, 1.82) is 0 Å². The van der Waals surface area contributed by atoms with Crippen molar-refractivity contribution in [2.24, 2.45) is 0 Å². The van der Waals surface area contributed by atoms with Crippen LogP contribution in [0, 0.1) is 11.6 Å². The average molecular weight is 278 g/mol. The molecule has 3 nitrogen and oxygen atoms in total. The minimum Gasteiger partial charge on any atom is -0.473 e. The Morgan fingerprint density at radius 3 is 2.75 bits per heavy atom. The average Bonchev–Trinajstić information content (AvgIpc) is 2.41. The summed E-state index contributed by atoms with van der Waals surface area (Å²) in [6.45, 7) is 3.94. The third kappa shape index (κ3) is 3.44. The van der Waals surface area contributed by atoms with Gasteiger partial charge in [0.05, 0.1) is 11.8 Å². The molecule has 2 rings (SSSR count). The van der Waals surface area contributed by atoms with Crippen molar-refractivity contribution in [2.45, 2.75) is 26.5 Å². The van der Waals surface area contributed by atoms with Crippen LogP contribution >= 0.6 is 0 Å².